The Labute approximate surface area is 294 Å². The second-order valence-corrected chi connectivity index (χ2v) is 12.5. The molecule has 3 atom stereocenters. The summed E-state index contributed by atoms with van der Waals surface area (Å²) in [6.07, 6.45) is 0.894. The molecular formula is C43H44N2O5. The van der Waals surface area contributed by atoms with E-state index in [0.717, 1.165) is 53.0 Å². The van der Waals surface area contributed by atoms with E-state index in [1.165, 1.54) is 17.2 Å². The molecule has 5 aromatic carbocycles. The molecule has 0 saturated carbocycles. The van der Waals surface area contributed by atoms with E-state index < -0.39 is 12.4 Å². The van der Waals surface area contributed by atoms with E-state index in [4.69, 9.17) is 14.2 Å². The maximum atomic E-state index is 12.1. The molecule has 0 aromatic heterocycles. The molecule has 2 N–H and O–H groups in total. The average Bonchev–Trinajstić information content (AvgIpc) is 3.17. The Morgan fingerprint density at radius 3 is 2.04 bits per heavy atom. The van der Waals surface area contributed by atoms with Gasteiger partial charge in [0.2, 0.25) is 0 Å². The highest BCUT2D eigenvalue weighted by molar-refractivity contribution is 5.70. The number of hydrogen-bond acceptors (Lipinski definition) is 6. The molecular weight excluding hydrogens is 624 g/mol. The van der Waals surface area contributed by atoms with E-state index in [1.54, 1.807) is 0 Å². The molecule has 0 radical (unpaired) electrons. The third-order valence-electron chi connectivity index (χ3n) is 8.84. The van der Waals surface area contributed by atoms with Gasteiger partial charge in [-0.25, -0.2) is 4.79 Å². The standard InChI is InChI=1S/C43H44N2O5/c1-2-25-48-43(47)44-27-38-15-9-10-16-40(38)35-21-23-37(24-22-35)42-49-39(26-41(50-42)36-19-17-34(31-46)18-20-36)30-45(28-32-11-5-3-6-12-32)29-33-13-7-4-8-14-33/h2-24,39,41-42,46H,1,25-31H2,(H,44,47)/t39-,41+,42+/m0/s1. The number of nitrogens with zero attached hydrogens (tertiary/aromatic N) is 1. The first-order valence-electron chi connectivity index (χ1n) is 17.1. The number of carbonyl (C=O) groups is 1. The molecule has 256 valence electrons. The van der Waals surface area contributed by atoms with Crippen molar-refractivity contribution in [2.45, 2.75) is 51.2 Å². The Morgan fingerprint density at radius 1 is 0.780 bits per heavy atom. The van der Waals surface area contributed by atoms with E-state index in [-0.39, 0.29) is 25.4 Å². The highest BCUT2D eigenvalue weighted by Gasteiger charge is 2.33. The largest absolute Gasteiger partial charge is 0.445 e. The van der Waals surface area contributed by atoms with Crippen LogP contribution in [0.25, 0.3) is 11.1 Å². The van der Waals surface area contributed by atoms with E-state index >= 15 is 0 Å². The van der Waals surface area contributed by atoms with Gasteiger partial charge in [-0.05, 0) is 38.9 Å². The zero-order chi connectivity index (χ0) is 34.5. The predicted molar refractivity (Wildman–Crippen MR) is 196 cm³/mol. The van der Waals surface area contributed by atoms with E-state index in [2.05, 4.69) is 89.6 Å². The molecule has 1 amide bonds. The number of hydrogen-bond donors (Lipinski definition) is 2. The number of amides is 1. The van der Waals surface area contributed by atoms with Crippen molar-refractivity contribution < 1.29 is 24.1 Å². The van der Waals surface area contributed by atoms with Crippen LogP contribution in [0, 0.1) is 0 Å². The normalized spacial score (nSPS) is 17.3. The Hall–Kier alpha value is -5.05. The number of nitrogens with one attached hydrogen (secondary N) is 1. The summed E-state index contributed by atoms with van der Waals surface area (Å²) in [5.74, 6) is 0. The van der Waals surface area contributed by atoms with Crippen LogP contribution in [-0.2, 0) is 40.5 Å². The van der Waals surface area contributed by atoms with Crippen molar-refractivity contribution in [1.29, 1.82) is 0 Å². The SMILES string of the molecule is C=CCOC(=O)NCc1ccccc1-c1ccc([C@@H]2O[C@H](CN(Cc3ccccc3)Cc3ccccc3)C[C@H](c3ccc(CO)cc3)O2)cc1. The van der Waals surface area contributed by atoms with Crippen LogP contribution in [0.15, 0.2) is 146 Å². The van der Waals surface area contributed by atoms with Gasteiger partial charge >= 0.3 is 6.09 Å². The number of alkyl carbamates (subject to hydrolysis) is 1. The lowest BCUT2D eigenvalue weighted by Crippen LogP contribution is -2.39. The van der Waals surface area contributed by atoms with Crippen molar-refractivity contribution >= 4 is 6.09 Å². The van der Waals surface area contributed by atoms with Gasteiger partial charge in [0, 0.05) is 38.2 Å². The van der Waals surface area contributed by atoms with Crippen LogP contribution in [0.4, 0.5) is 4.79 Å². The number of carbonyl (C=O) groups excluding carboxylic acids is 1. The van der Waals surface area contributed by atoms with Crippen LogP contribution in [0.5, 0.6) is 0 Å². The fourth-order valence-corrected chi connectivity index (χ4v) is 6.32. The number of ether oxygens (including phenoxy) is 3. The van der Waals surface area contributed by atoms with Crippen molar-refractivity contribution in [1.82, 2.24) is 10.2 Å². The lowest BCUT2D eigenvalue weighted by molar-refractivity contribution is -0.253. The molecule has 7 nitrogen and oxygen atoms in total. The molecule has 6 rings (SSSR count). The third kappa shape index (κ3) is 9.55. The minimum atomic E-state index is -0.572. The van der Waals surface area contributed by atoms with Crippen LogP contribution in [0.1, 0.15) is 52.2 Å². The fraction of sp³-hybridized carbons (Fsp3) is 0.233. The van der Waals surface area contributed by atoms with E-state index in [9.17, 15) is 9.90 Å². The molecule has 0 aliphatic carbocycles. The summed E-state index contributed by atoms with van der Waals surface area (Å²) in [5, 5.41) is 12.5. The third-order valence-corrected chi connectivity index (χ3v) is 8.84. The highest BCUT2D eigenvalue weighted by atomic mass is 16.7. The molecule has 7 heteroatoms. The van der Waals surface area contributed by atoms with Gasteiger partial charge in [-0.15, -0.1) is 0 Å². The molecule has 50 heavy (non-hydrogen) atoms. The van der Waals surface area contributed by atoms with Gasteiger partial charge in [0.15, 0.2) is 6.29 Å². The highest BCUT2D eigenvalue weighted by Crippen LogP contribution is 2.39. The maximum absolute atomic E-state index is 12.1. The van der Waals surface area contributed by atoms with E-state index in [1.807, 2.05) is 60.7 Å². The Kier molecular flexibility index (Phi) is 12.2. The quantitative estimate of drug-likeness (QED) is 0.116. The van der Waals surface area contributed by atoms with Gasteiger partial charge in [-0.3, -0.25) is 4.90 Å². The summed E-state index contributed by atoms with van der Waals surface area (Å²) < 4.78 is 18.5. The summed E-state index contributed by atoms with van der Waals surface area (Å²) >= 11 is 0. The van der Waals surface area contributed by atoms with Crippen molar-refractivity contribution in [2.24, 2.45) is 0 Å². The van der Waals surface area contributed by atoms with Gasteiger partial charge in [0.05, 0.1) is 18.8 Å². The lowest BCUT2D eigenvalue weighted by atomic mass is 9.97. The number of rotatable bonds is 14. The molecule has 1 aliphatic rings. The first kappa shape index (κ1) is 34.8. The Bertz CT molecular complexity index is 1750. The van der Waals surface area contributed by atoms with Crippen molar-refractivity contribution in [3.63, 3.8) is 0 Å². The van der Waals surface area contributed by atoms with Crippen LogP contribution >= 0.6 is 0 Å². The van der Waals surface area contributed by atoms with Gasteiger partial charge < -0.3 is 24.6 Å². The van der Waals surface area contributed by atoms with Crippen LogP contribution in [-0.4, -0.2) is 35.4 Å². The number of aliphatic hydroxyl groups excluding tert-OH is 1. The topological polar surface area (TPSA) is 80.3 Å². The minimum Gasteiger partial charge on any atom is -0.445 e. The monoisotopic (exact) mass is 668 g/mol. The molecule has 5 aromatic rings. The summed E-state index contributed by atoms with van der Waals surface area (Å²) in [6.45, 7) is 6.40. The smallest absolute Gasteiger partial charge is 0.407 e. The first-order chi connectivity index (χ1) is 24.6. The lowest BCUT2D eigenvalue weighted by Gasteiger charge is -2.38. The summed E-state index contributed by atoms with van der Waals surface area (Å²) in [6, 6.07) is 45.4. The van der Waals surface area contributed by atoms with Gasteiger partial charge in [-0.1, -0.05) is 146 Å². The van der Waals surface area contributed by atoms with Gasteiger partial charge in [-0.2, -0.15) is 0 Å². The predicted octanol–water partition coefficient (Wildman–Crippen LogP) is 8.51. The molecule has 0 unspecified atom stereocenters. The summed E-state index contributed by atoms with van der Waals surface area (Å²) in [7, 11) is 0. The van der Waals surface area contributed by atoms with E-state index in [0.29, 0.717) is 13.0 Å². The minimum absolute atomic E-state index is 0.000959. The molecule has 1 heterocycles. The van der Waals surface area contributed by atoms with Crippen LogP contribution in [0.3, 0.4) is 0 Å². The number of benzene rings is 5. The van der Waals surface area contributed by atoms with Gasteiger partial charge in [0.1, 0.15) is 6.61 Å². The second-order valence-electron chi connectivity index (χ2n) is 12.5. The molecule has 1 saturated heterocycles. The Morgan fingerprint density at radius 2 is 1.40 bits per heavy atom. The summed E-state index contributed by atoms with van der Waals surface area (Å²) in [5.41, 5.74) is 8.37. The zero-order valence-corrected chi connectivity index (χ0v) is 28.2. The zero-order valence-electron chi connectivity index (χ0n) is 28.2. The van der Waals surface area contributed by atoms with Gasteiger partial charge in [0.25, 0.3) is 0 Å². The fourth-order valence-electron chi connectivity index (χ4n) is 6.32. The van der Waals surface area contributed by atoms with Crippen molar-refractivity contribution in [3.8, 4) is 11.1 Å². The second kappa shape index (κ2) is 17.6. The molecule has 0 bridgehead atoms. The average molecular weight is 669 g/mol. The summed E-state index contributed by atoms with van der Waals surface area (Å²) in [4.78, 5) is 14.5. The van der Waals surface area contributed by atoms with Crippen molar-refractivity contribution in [2.75, 3.05) is 13.2 Å². The first-order valence-corrected chi connectivity index (χ1v) is 17.1. The van der Waals surface area contributed by atoms with Crippen LogP contribution < -0.4 is 5.32 Å². The van der Waals surface area contributed by atoms with Crippen LogP contribution in [0.2, 0.25) is 0 Å². The van der Waals surface area contributed by atoms with Crippen molar-refractivity contribution in [3.05, 3.63) is 179 Å². The maximum Gasteiger partial charge on any atom is 0.407 e. The molecule has 0 spiro atoms. The number of aliphatic hydroxyl groups is 1. The molecule has 1 aliphatic heterocycles. The molecule has 1 fully saturated rings. The Balaban J connectivity index is 1.23.